The molecule has 0 bridgehead atoms. The summed E-state index contributed by atoms with van der Waals surface area (Å²) >= 11 is 1.74. The predicted molar refractivity (Wildman–Crippen MR) is 68.1 cm³/mol. The van der Waals surface area contributed by atoms with Gasteiger partial charge in [-0.05, 0) is 19.8 Å². The number of thiazole rings is 1. The summed E-state index contributed by atoms with van der Waals surface area (Å²) in [7, 11) is 0. The van der Waals surface area contributed by atoms with Gasteiger partial charge in [-0.25, -0.2) is 4.98 Å². The van der Waals surface area contributed by atoms with Gasteiger partial charge >= 0.3 is 0 Å². The Bertz CT molecular complexity index is 391. The average molecular weight is 253 g/mol. The van der Waals surface area contributed by atoms with Crippen molar-refractivity contribution < 1.29 is 4.74 Å². The lowest BCUT2D eigenvalue weighted by molar-refractivity contribution is -0.0713. The Labute approximate surface area is 106 Å². The molecule has 2 aliphatic rings. The molecule has 1 saturated carbocycles. The average Bonchev–Trinajstić information content (AvgIpc) is 3.11. The Kier molecular flexibility index (Phi) is 3.17. The summed E-state index contributed by atoms with van der Waals surface area (Å²) < 4.78 is 5.81. The van der Waals surface area contributed by atoms with Gasteiger partial charge in [0.1, 0.15) is 5.01 Å². The first-order valence-electron chi connectivity index (χ1n) is 6.29. The van der Waals surface area contributed by atoms with Crippen LogP contribution in [0.4, 0.5) is 0 Å². The van der Waals surface area contributed by atoms with Crippen molar-refractivity contribution >= 4 is 11.3 Å². The fraction of sp³-hybridized carbons (Fsp3) is 0.750. The molecule has 2 unspecified atom stereocenters. The SMILES string of the molecule is Cc1csc(C2C(CN)OCCN2C2CC2)n1. The van der Waals surface area contributed by atoms with Gasteiger partial charge in [0.05, 0.1) is 18.8 Å². The molecule has 2 atom stereocenters. The molecule has 5 heteroatoms. The summed E-state index contributed by atoms with van der Waals surface area (Å²) in [6.07, 6.45) is 2.74. The van der Waals surface area contributed by atoms with E-state index in [0.717, 1.165) is 24.9 Å². The van der Waals surface area contributed by atoms with Crippen LogP contribution < -0.4 is 5.73 Å². The van der Waals surface area contributed by atoms with Crippen LogP contribution in [0, 0.1) is 6.92 Å². The normalized spacial score (nSPS) is 30.7. The molecule has 2 heterocycles. The Morgan fingerprint density at radius 3 is 3.00 bits per heavy atom. The molecule has 4 nitrogen and oxygen atoms in total. The second-order valence-electron chi connectivity index (χ2n) is 4.89. The monoisotopic (exact) mass is 253 g/mol. The number of morpholine rings is 1. The lowest BCUT2D eigenvalue weighted by atomic mass is 10.1. The van der Waals surface area contributed by atoms with Crippen molar-refractivity contribution in [2.24, 2.45) is 5.73 Å². The molecular weight excluding hydrogens is 234 g/mol. The van der Waals surface area contributed by atoms with E-state index in [0.29, 0.717) is 6.54 Å². The highest BCUT2D eigenvalue weighted by atomic mass is 32.1. The summed E-state index contributed by atoms with van der Waals surface area (Å²) in [5, 5.41) is 3.28. The lowest BCUT2D eigenvalue weighted by Crippen LogP contribution is -2.49. The molecule has 1 saturated heterocycles. The highest BCUT2D eigenvalue weighted by Gasteiger charge is 2.41. The van der Waals surface area contributed by atoms with Crippen LogP contribution in [0.3, 0.4) is 0 Å². The summed E-state index contributed by atoms with van der Waals surface area (Å²) in [6.45, 7) is 4.44. The van der Waals surface area contributed by atoms with Crippen LogP contribution in [-0.4, -0.2) is 41.7 Å². The largest absolute Gasteiger partial charge is 0.373 e. The number of hydrogen-bond donors (Lipinski definition) is 1. The first-order chi connectivity index (χ1) is 8.29. The number of hydrogen-bond acceptors (Lipinski definition) is 5. The van der Waals surface area contributed by atoms with Crippen molar-refractivity contribution in [3.05, 3.63) is 16.1 Å². The lowest BCUT2D eigenvalue weighted by Gasteiger charge is -2.40. The van der Waals surface area contributed by atoms with Crippen LogP contribution in [-0.2, 0) is 4.74 Å². The Morgan fingerprint density at radius 2 is 2.41 bits per heavy atom. The van der Waals surface area contributed by atoms with Gasteiger partial charge in [0, 0.05) is 30.2 Å². The Hall–Kier alpha value is -0.490. The molecule has 94 valence electrons. The molecule has 2 N–H and O–H groups in total. The van der Waals surface area contributed by atoms with Crippen LogP contribution in [0.1, 0.15) is 29.6 Å². The van der Waals surface area contributed by atoms with E-state index in [1.54, 1.807) is 11.3 Å². The highest BCUT2D eigenvalue weighted by Crippen LogP contribution is 2.39. The summed E-state index contributed by atoms with van der Waals surface area (Å²) in [6, 6.07) is 1.02. The Morgan fingerprint density at radius 1 is 1.59 bits per heavy atom. The molecule has 0 amide bonds. The topological polar surface area (TPSA) is 51.4 Å². The fourth-order valence-electron chi connectivity index (χ4n) is 2.58. The van der Waals surface area contributed by atoms with E-state index in [2.05, 4.69) is 15.3 Å². The molecule has 1 aromatic heterocycles. The van der Waals surface area contributed by atoms with Crippen LogP contribution in [0.5, 0.6) is 0 Å². The summed E-state index contributed by atoms with van der Waals surface area (Å²) in [5.74, 6) is 0. The molecule has 1 aliphatic carbocycles. The second kappa shape index (κ2) is 4.65. The maximum Gasteiger partial charge on any atom is 0.113 e. The standard InChI is InChI=1S/C12H19N3OS/c1-8-7-17-12(14-8)11-10(6-13)16-5-4-15(11)9-2-3-9/h7,9-11H,2-6,13H2,1H3. The maximum atomic E-state index is 5.85. The minimum absolute atomic E-state index is 0.106. The van der Waals surface area contributed by atoms with Gasteiger partial charge in [-0.1, -0.05) is 0 Å². The number of rotatable bonds is 3. The van der Waals surface area contributed by atoms with E-state index in [9.17, 15) is 0 Å². The van der Waals surface area contributed by atoms with Crippen molar-refractivity contribution in [2.45, 2.75) is 38.0 Å². The van der Waals surface area contributed by atoms with E-state index >= 15 is 0 Å². The zero-order valence-corrected chi connectivity index (χ0v) is 10.9. The zero-order valence-electron chi connectivity index (χ0n) is 10.1. The third-order valence-corrected chi connectivity index (χ3v) is 4.56. The quantitative estimate of drug-likeness (QED) is 0.882. The molecule has 17 heavy (non-hydrogen) atoms. The Balaban J connectivity index is 1.88. The van der Waals surface area contributed by atoms with Crippen LogP contribution >= 0.6 is 11.3 Å². The van der Waals surface area contributed by atoms with Gasteiger partial charge in [0.25, 0.3) is 0 Å². The molecule has 1 aliphatic heterocycles. The van der Waals surface area contributed by atoms with Crippen molar-refractivity contribution in [1.29, 1.82) is 0 Å². The molecular formula is C12H19N3OS. The highest BCUT2D eigenvalue weighted by molar-refractivity contribution is 7.09. The van der Waals surface area contributed by atoms with E-state index < -0.39 is 0 Å². The first kappa shape index (κ1) is 11.6. The predicted octanol–water partition coefficient (Wildman–Crippen LogP) is 1.31. The fourth-order valence-corrected chi connectivity index (χ4v) is 3.54. The van der Waals surface area contributed by atoms with E-state index in [1.165, 1.54) is 17.8 Å². The van der Waals surface area contributed by atoms with Gasteiger partial charge in [-0.3, -0.25) is 4.90 Å². The number of aromatic nitrogens is 1. The third-order valence-electron chi connectivity index (χ3n) is 3.53. The first-order valence-corrected chi connectivity index (χ1v) is 7.17. The second-order valence-corrected chi connectivity index (χ2v) is 5.78. The van der Waals surface area contributed by atoms with Crippen molar-refractivity contribution in [1.82, 2.24) is 9.88 Å². The number of ether oxygens (including phenoxy) is 1. The van der Waals surface area contributed by atoms with Gasteiger partial charge in [-0.2, -0.15) is 0 Å². The van der Waals surface area contributed by atoms with Gasteiger partial charge in [-0.15, -0.1) is 11.3 Å². The molecule has 0 radical (unpaired) electrons. The van der Waals surface area contributed by atoms with Crippen LogP contribution in [0.25, 0.3) is 0 Å². The van der Waals surface area contributed by atoms with Gasteiger partial charge < -0.3 is 10.5 Å². The zero-order chi connectivity index (χ0) is 11.8. The maximum absolute atomic E-state index is 5.85. The molecule has 0 aromatic carbocycles. The third kappa shape index (κ3) is 2.25. The molecule has 1 aromatic rings. The minimum Gasteiger partial charge on any atom is -0.373 e. The number of aryl methyl sites for hydroxylation is 1. The van der Waals surface area contributed by atoms with E-state index in [1.807, 2.05) is 6.92 Å². The van der Waals surface area contributed by atoms with Gasteiger partial charge in [0.15, 0.2) is 0 Å². The van der Waals surface area contributed by atoms with Crippen molar-refractivity contribution in [3.63, 3.8) is 0 Å². The smallest absolute Gasteiger partial charge is 0.113 e. The van der Waals surface area contributed by atoms with Crippen molar-refractivity contribution in [3.8, 4) is 0 Å². The van der Waals surface area contributed by atoms with E-state index in [-0.39, 0.29) is 12.1 Å². The van der Waals surface area contributed by atoms with Crippen LogP contribution in [0.2, 0.25) is 0 Å². The van der Waals surface area contributed by atoms with Gasteiger partial charge in [0.2, 0.25) is 0 Å². The number of nitrogens with zero attached hydrogens (tertiary/aromatic N) is 2. The summed E-state index contributed by atoms with van der Waals surface area (Å²) in [4.78, 5) is 7.19. The molecule has 3 rings (SSSR count). The van der Waals surface area contributed by atoms with Crippen molar-refractivity contribution in [2.75, 3.05) is 19.7 Å². The molecule has 0 spiro atoms. The summed E-state index contributed by atoms with van der Waals surface area (Å²) in [5.41, 5.74) is 6.94. The molecule has 2 fully saturated rings. The number of nitrogens with two attached hydrogens (primary N) is 1. The minimum atomic E-state index is 0.106. The van der Waals surface area contributed by atoms with Crippen LogP contribution in [0.15, 0.2) is 5.38 Å². The van der Waals surface area contributed by atoms with E-state index in [4.69, 9.17) is 10.5 Å².